The number of benzene rings is 2. The van der Waals surface area contributed by atoms with E-state index >= 15 is 0 Å². The van der Waals surface area contributed by atoms with Crippen molar-refractivity contribution in [2.24, 2.45) is 0 Å². The van der Waals surface area contributed by atoms with Crippen LogP contribution in [-0.2, 0) is 17.0 Å². The van der Waals surface area contributed by atoms with Crippen LogP contribution in [0.2, 0.25) is 0 Å². The second-order valence-electron chi connectivity index (χ2n) is 7.09. The van der Waals surface area contributed by atoms with E-state index in [0.29, 0.717) is 11.9 Å². The van der Waals surface area contributed by atoms with Gasteiger partial charge in [0.15, 0.2) is 5.16 Å². The summed E-state index contributed by atoms with van der Waals surface area (Å²) in [6, 6.07) is 15.9. The Morgan fingerprint density at radius 2 is 1.79 bits per heavy atom. The van der Waals surface area contributed by atoms with Crippen LogP contribution in [0.25, 0.3) is 10.9 Å². The SMILES string of the molecule is O=c1c2ccccc2nc(SCc2ccc(Br)cc2)n1CCCN1CCOCC1. The molecule has 0 bridgehead atoms. The van der Waals surface area contributed by atoms with Crippen molar-refractivity contribution in [1.29, 1.82) is 0 Å². The number of nitrogens with zero attached hydrogens (tertiary/aromatic N) is 3. The molecule has 2 heterocycles. The molecule has 3 aromatic rings. The molecule has 29 heavy (non-hydrogen) atoms. The summed E-state index contributed by atoms with van der Waals surface area (Å²) < 4.78 is 8.34. The Kier molecular flexibility index (Phi) is 7.02. The van der Waals surface area contributed by atoms with Crippen molar-refractivity contribution in [2.45, 2.75) is 23.9 Å². The lowest BCUT2D eigenvalue weighted by molar-refractivity contribution is 0.0368. The Morgan fingerprint density at radius 3 is 2.59 bits per heavy atom. The first-order valence-electron chi connectivity index (χ1n) is 9.87. The van der Waals surface area contributed by atoms with Gasteiger partial charge in [0.05, 0.1) is 24.1 Å². The van der Waals surface area contributed by atoms with Crippen LogP contribution in [-0.4, -0.2) is 47.3 Å². The van der Waals surface area contributed by atoms with Crippen molar-refractivity contribution in [3.8, 4) is 0 Å². The third kappa shape index (κ3) is 5.28. The van der Waals surface area contributed by atoms with E-state index in [2.05, 4.69) is 33.0 Å². The first-order chi connectivity index (χ1) is 14.2. The fourth-order valence-corrected chi connectivity index (χ4v) is 4.71. The number of hydrogen-bond donors (Lipinski definition) is 0. The monoisotopic (exact) mass is 473 g/mol. The molecule has 2 aromatic carbocycles. The average Bonchev–Trinajstić information content (AvgIpc) is 2.76. The zero-order valence-electron chi connectivity index (χ0n) is 16.2. The maximum atomic E-state index is 13.2. The smallest absolute Gasteiger partial charge is 0.262 e. The summed E-state index contributed by atoms with van der Waals surface area (Å²) in [5.74, 6) is 0.779. The van der Waals surface area contributed by atoms with Crippen molar-refractivity contribution in [3.05, 3.63) is 68.9 Å². The van der Waals surface area contributed by atoms with Gasteiger partial charge in [-0.2, -0.15) is 0 Å². The van der Waals surface area contributed by atoms with Crippen LogP contribution in [0, 0.1) is 0 Å². The van der Waals surface area contributed by atoms with Gasteiger partial charge in [0.25, 0.3) is 5.56 Å². The molecule has 7 heteroatoms. The van der Waals surface area contributed by atoms with E-state index in [4.69, 9.17) is 9.72 Å². The molecule has 5 nitrogen and oxygen atoms in total. The maximum absolute atomic E-state index is 13.2. The molecule has 0 atom stereocenters. The lowest BCUT2D eigenvalue weighted by Gasteiger charge is -2.26. The molecule has 0 aliphatic carbocycles. The predicted molar refractivity (Wildman–Crippen MR) is 122 cm³/mol. The molecule has 152 valence electrons. The van der Waals surface area contributed by atoms with Crippen molar-refractivity contribution >= 4 is 38.6 Å². The number of hydrogen-bond acceptors (Lipinski definition) is 5. The van der Waals surface area contributed by atoms with Gasteiger partial charge in [-0.3, -0.25) is 14.3 Å². The van der Waals surface area contributed by atoms with Crippen molar-refractivity contribution in [2.75, 3.05) is 32.8 Å². The number of morpholine rings is 1. The summed E-state index contributed by atoms with van der Waals surface area (Å²) >= 11 is 5.10. The minimum atomic E-state index is 0.0517. The molecule has 1 aliphatic rings. The molecule has 0 N–H and O–H groups in total. The highest BCUT2D eigenvalue weighted by Crippen LogP contribution is 2.23. The van der Waals surface area contributed by atoms with Crippen molar-refractivity contribution in [3.63, 3.8) is 0 Å². The molecule has 0 unspecified atom stereocenters. The number of aromatic nitrogens is 2. The molecular formula is C22H24BrN3O2S. The third-order valence-corrected chi connectivity index (χ3v) is 6.64. The van der Waals surface area contributed by atoms with Gasteiger partial charge in [0, 0.05) is 36.4 Å². The van der Waals surface area contributed by atoms with E-state index in [9.17, 15) is 4.79 Å². The molecule has 4 rings (SSSR count). The molecule has 0 amide bonds. The van der Waals surface area contributed by atoms with Crippen molar-refractivity contribution < 1.29 is 4.74 Å². The number of para-hydroxylation sites is 1. The van der Waals surface area contributed by atoms with Crippen LogP contribution in [0.15, 0.2) is 63.0 Å². The van der Waals surface area contributed by atoms with E-state index in [1.165, 1.54) is 5.56 Å². The molecule has 1 saturated heterocycles. The van der Waals surface area contributed by atoms with E-state index < -0.39 is 0 Å². The van der Waals surface area contributed by atoms with E-state index in [-0.39, 0.29) is 5.56 Å². The highest BCUT2D eigenvalue weighted by Gasteiger charge is 2.14. The van der Waals surface area contributed by atoms with Crippen LogP contribution < -0.4 is 5.56 Å². The van der Waals surface area contributed by atoms with Crippen LogP contribution in [0.5, 0.6) is 0 Å². The van der Waals surface area contributed by atoms with E-state index in [1.54, 1.807) is 11.8 Å². The van der Waals surface area contributed by atoms with Crippen molar-refractivity contribution in [1.82, 2.24) is 14.5 Å². The Bertz CT molecular complexity index is 1020. The Hall–Kier alpha value is -1.67. The number of fused-ring (bicyclic) bond motifs is 1. The molecule has 0 radical (unpaired) electrons. The molecule has 0 spiro atoms. The van der Waals surface area contributed by atoms with Gasteiger partial charge in [0.2, 0.25) is 0 Å². The number of halogens is 1. The van der Waals surface area contributed by atoms with E-state index in [1.807, 2.05) is 41.0 Å². The van der Waals surface area contributed by atoms with Gasteiger partial charge < -0.3 is 4.74 Å². The molecule has 0 saturated carbocycles. The highest BCUT2D eigenvalue weighted by molar-refractivity contribution is 9.10. The highest BCUT2D eigenvalue weighted by atomic mass is 79.9. The molecule has 1 aliphatic heterocycles. The molecule has 1 fully saturated rings. The third-order valence-electron chi connectivity index (χ3n) is 5.07. The molecular weight excluding hydrogens is 450 g/mol. The Labute approximate surface area is 183 Å². The second-order valence-corrected chi connectivity index (χ2v) is 8.95. The summed E-state index contributed by atoms with van der Waals surface area (Å²) in [6.45, 7) is 5.18. The first-order valence-corrected chi connectivity index (χ1v) is 11.7. The lowest BCUT2D eigenvalue weighted by Crippen LogP contribution is -2.37. The lowest BCUT2D eigenvalue weighted by atomic mass is 10.2. The topological polar surface area (TPSA) is 47.4 Å². The zero-order valence-corrected chi connectivity index (χ0v) is 18.6. The van der Waals surface area contributed by atoms with Gasteiger partial charge in [-0.1, -0.05) is 52.0 Å². The summed E-state index contributed by atoms with van der Waals surface area (Å²) in [7, 11) is 0. The minimum Gasteiger partial charge on any atom is -0.379 e. The summed E-state index contributed by atoms with van der Waals surface area (Å²) in [6.07, 6.45) is 0.922. The fourth-order valence-electron chi connectivity index (χ4n) is 3.46. The normalized spacial score (nSPS) is 15.1. The standard InChI is InChI=1S/C22H24BrN3O2S/c23-18-8-6-17(7-9-18)16-29-22-24-20-5-2-1-4-19(20)21(27)26(22)11-3-10-25-12-14-28-15-13-25/h1-2,4-9H,3,10-16H2. The van der Waals surface area contributed by atoms with Crippen LogP contribution in [0.1, 0.15) is 12.0 Å². The van der Waals surface area contributed by atoms with Crippen LogP contribution >= 0.6 is 27.7 Å². The minimum absolute atomic E-state index is 0.0517. The summed E-state index contributed by atoms with van der Waals surface area (Å²) in [5.41, 5.74) is 2.02. The van der Waals surface area contributed by atoms with E-state index in [0.717, 1.165) is 60.2 Å². The van der Waals surface area contributed by atoms with Crippen LogP contribution in [0.3, 0.4) is 0 Å². The zero-order chi connectivity index (χ0) is 20.1. The number of ether oxygens (including phenoxy) is 1. The fraction of sp³-hybridized carbons (Fsp3) is 0.364. The number of rotatable bonds is 7. The van der Waals surface area contributed by atoms with Gasteiger partial charge in [-0.15, -0.1) is 0 Å². The van der Waals surface area contributed by atoms with Crippen LogP contribution in [0.4, 0.5) is 0 Å². The van der Waals surface area contributed by atoms with Gasteiger partial charge in [0.1, 0.15) is 0 Å². The molecule has 1 aromatic heterocycles. The average molecular weight is 474 g/mol. The maximum Gasteiger partial charge on any atom is 0.262 e. The summed E-state index contributed by atoms with van der Waals surface area (Å²) in [4.78, 5) is 20.4. The Balaban J connectivity index is 1.54. The van der Waals surface area contributed by atoms with Gasteiger partial charge in [-0.25, -0.2) is 4.98 Å². The summed E-state index contributed by atoms with van der Waals surface area (Å²) in [5, 5.41) is 1.48. The first kappa shape index (κ1) is 20.6. The second kappa shape index (κ2) is 9.89. The predicted octanol–water partition coefficient (Wildman–Crippen LogP) is 4.17. The quantitative estimate of drug-likeness (QED) is 0.380. The Morgan fingerprint density at radius 1 is 1.03 bits per heavy atom. The van der Waals surface area contributed by atoms with Gasteiger partial charge in [-0.05, 0) is 36.2 Å². The number of thioether (sulfide) groups is 1. The van der Waals surface area contributed by atoms with Gasteiger partial charge >= 0.3 is 0 Å². The largest absolute Gasteiger partial charge is 0.379 e.